The normalized spacial score (nSPS) is 55.5. The van der Waals surface area contributed by atoms with E-state index in [9.17, 15) is 15.0 Å². The Kier molecular flexibility index (Phi) is 3.93. The average molecular weight is 335 g/mol. The Labute approximate surface area is 146 Å². The van der Waals surface area contributed by atoms with Crippen molar-refractivity contribution >= 4 is 5.78 Å². The fourth-order valence-corrected chi connectivity index (χ4v) is 7.89. The van der Waals surface area contributed by atoms with Crippen LogP contribution >= 0.6 is 0 Å². The van der Waals surface area contributed by atoms with Gasteiger partial charge in [0.2, 0.25) is 0 Å². The molecule has 0 amide bonds. The van der Waals surface area contributed by atoms with Crippen molar-refractivity contribution in [1.29, 1.82) is 0 Å². The highest BCUT2D eigenvalue weighted by molar-refractivity contribution is 5.85. The number of rotatable bonds is 1. The number of aliphatic hydroxyl groups is 2. The Hall–Kier alpha value is -0.410. The van der Waals surface area contributed by atoms with Gasteiger partial charge in [-0.1, -0.05) is 13.8 Å². The number of ketones is 1. The summed E-state index contributed by atoms with van der Waals surface area (Å²) in [5.41, 5.74) is 0.360. The number of carbonyl (C=O) groups excluding carboxylic acids is 1. The molecule has 4 aliphatic rings. The maximum absolute atomic E-state index is 12.7. The van der Waals surface area contributed by atoms with Gasteiger partial charge in [0.15, 0.2) is 0 Å². The molecule has 4 rings (SSSR count). The molecule has 2 N–H and O–H groups in total. The van der Waals surface area contributed by atoms with Gasteiger partial charge in [-0.3, -0.25) is 4.79 Å². The van der Waals surface area contributed by atoms with E-state index in [-0.39, 0.29) is 17.4 Å². The van der Waals surface area contributed by atoms with Crippen LogP contribution < -0.4 is 0 Å². The summed E-state index contributed by atoms with van der Waals surface area (Å²) in [5, 5.41) is 20.3. The lowest BCUT2D eigenvalue weighted by atomic mass is 9.44. The lowest BCUT2D eigenvalue weighted by molar-refractivity contribution is -0.136. The number of aliphatic hydroxyl groups excluding tert-OH is 2. The number of Topliss-reactive ketones (excluding diaryl/α,β-unsaturated/α-hetero) is 1. The molecular weight excluding hydrogens is 300 g/mol. The van der Waals surface area contributed by atoms with E-state index in [2.05, 4.69) is 13.8 Å². The van der Waals surface area contributed by atoms with E-state index >= 15 is 0 Å². The summed E-state index contributed by atoms with van der Waals surface area (Å²) in [7, 11) is 0. The van der Waals surface area contributed by atoms with Crippen molar-refractivity contribution in [3.8, 4) is 0 Å². The van der Waals surface area contributed by atoms with Gasteiger partial charge in [0.25, 0.3) is 0 Å². The van der Waals surface area contributed by atoms with Gasteiger partial charge in [-0.2, -0.15) is 0 Å². The fourth-order valence-electron chi connectivity index (χ4n) is 7.89. The topological polar surface area (TPSA) is 57.5 Å². The molecule has 3 heteroatoms. The Morgan fingerprint density at radius 1 is 1.04 bits per heavy atom. The molecule has 0 aromatic carbocycles. The lowest BCUT2D eigenvalue weighted by Crippen LogP contribution is -2.54. The first kappa shape index (κ1) is 17.0. The molecule has 0 spiro atoms. The summed E-state index contributed by atoms with van der Waals surface area (Å²) in [5.74, 6) is 2.64. The first-order valence-corrected chi connectivity index (χ1v) is 10.2. The Bertz CT molecular complexity index is 529. The molecule has 3 nitrogen and oxygen atoms in total. The first-order valence-electron chi connectivity index (χ1n) is 10.2. The standard InChI is InChI=1S/C21H34O3/c1-12(22)19-18(24)11-17-15-5-4-13-10-14(23)6-8-20(13,2)16(15)7-9-21(17,19)3/h12-17,19,22-23H,4-11H2,1-3H3/t12-,13-,14+,15+,16-,17+,19-,20-,21-/m0/s1. The molecule has 136 valence electrons. The number of carbonyl (C=O) groups is 1. The minimum Gasteiger partial charge on any atom is -0.393 e. The van der Waals surface area contributed by atoms with Crippen LogP contribution in [0.2, 0.25) is 0 Å². The zero-order valence-electron chi connectivity index (χ0n) is 15.5. The highest BCUT2D eigenvalue weighted by atomic mass is 16.3. The summed E-state index contributed by atoms with van der Waals surface area (Å²) in [6.07, 6.45) is 7.90. The van der Waals surface area contributed by atoms with Gasteiger partial charge in [-0.25, -0.2) is 0 Å². The smallest absolute Gasteiger partial charge is 0.139 e. The molecule has 0 aromatic heterocycles. The summed E-state index contributed by atoms with van der Waals surface area (Å²) in [6.45, 7) is 6.57. The van der Waals surface area contributed by atoms with Crippen molar-refractivity contribution in [3.05, 3.63) is 0 Å². The second-order valence-electron chi connectivity index (χ2n) is 10.0. The molecule has 24 heavy (non-hydrogen) atoms. The van der Waals surface area contributed by atoms with Crippen LogP contribution in [0.15, 0.2) is 0 Å². The van der Waals surface area contributed by atoms with Crippen LogP contribution in [0.3, 0.4) is 0 Å². The van der Waals surface area contributed by atoms with Gasteiger partial charge in [-0.15, -0.1) is 0 Å². The largest absolute Gasteiger partial charge is 0.393 e. The SMILES string of the molecule is C[C@H](O)[C@H]1C(=O)C[C@@H]2[C@@H]3CC[C@H]4C[C@H](O)CC[C@]4(C)[C@H]3CC[C@@]21C. The molecule has 4 saturated carbocycles. The molecule has 0 aliphatic heterocycles. The van der Waals surface area contributed by atoms with E-state index in [1.807, 2.05) is 6.92 Å². The predicted octanol–water partition coefficient (Wildman–Crippen LogP) is 3.57. The molecule has 0 radical (unpaired) electrons. The quantitative estimate of drug-likeness (QED) is 0.771. The van der Waals surface area contributed by atoms with Crippen molar-refractivity contribution in [2.75, 3.05) is 0 Å². The van der Waals surface area contributed by atoms with Crippen LogP contribution in [0.5, 0.6) is 0 Å². The minimum atomic E-state index is -0.513. The summed E-state index contributed by atoms with van der Waals surface area (Å²) in [6, 6.07) is 0. The van der Waals surface area contributed by atoms with Crippen molar-refractivity contribution in [2.24, 2.45) is 40.4 Å². The predicted molar refractivity (Wildman–Crippen MR) is 93.3 cm³/mol. The highest BCUT2D eigenvalue weighted by Gasteiger charge is 2.62. The van der Waals surface area contributed by atoms with Crippen molar-refractivity contribution < 1.29 is 15.0 Å². The van der Waals surface area contributed by atoms with Crippen LogP contribution in [0, 0.1) is 40.4 Å². The fraction of sp³-hybridized carbons (Fsp3) is 0.952. The Balaban J connectivity index is 1.64. The van der Waals surface area contributed by atoms with E-state index in [1.54, 1.807) is 0 Å². The maximum Gasteiger partial charge on any atom is 0.139 e. The second kappa shape index (κ2) is 5.54. The Morgan fingerprint density at radius 2 is 1.75 bits per heavy atom. The van der Waals surface area contributed by atoms with Gasteiger partial charge in [0, 0.05) is 12.3 Å². The monoisotopic (exact) mass is 334 g/mol. The second-order valence-corrected chi connectivity index (χ2v) is 10.0. The Morgan fingerprint density at radius 3 is 2.46 bits per heavy atom. The van der Waals surface area contributed by atoms with Crippen molar-refractivity contribution in [2.45, 2.75) is 84.3 Å². The van der Waals surface area contributed by atoms with Crippen LogP contribution in [0.25, 0.3) is 0 Å². The highest BCUT2D eigenvalue weighted by Crippen LogP contribution is 2.67. The third-order valence-corrected chi connectivity index (χ3v) is 9.04. The van der Waals surface area contributed by atoms with Gasteiger partial charge in [0.05, 0.1) is 12.2 Å². The van der Waals surface area contributed by atoms with Crippen LogP contribution in [-0.2, 0) is 4.79 Å². The van der Waals surface area contributed by atoms with Crippen molar-refractivity contribution in [3.63, 3.8) is 0 Å². The lowest BCUT2D eigenvalue weighted by Gasteiger charge is -2.60. The van der Waals surface area contributed by atoms with E-state index in [1.165, 1.54) is 19.3 Å². The van der Waals surface area contributed by atoms with E-state index in [4.69, 9.17) is 0 Å². The number of hydrogen-bond acceptors (Lipinski definition) is 3. The number of hydrogen-bond donors (Lipinski definition) is 2. The molecule has 9 atom stereocenters. The first-order chi connectivity index (χ1) is 11.3. The van der Waals surface area contributed by atoms with Crippen molar-refractivity contribution in [1.82, 2.24) is 0 Å². The number of fused-ring (bicyclic) bond motifs is 5. The molecule has 0 aromatic rings. The van der Waals surface area contributed by atoms with Crippen LogP contribution in [-0.4, -0.2) is 28.2 Å². The summed E-state index contributed by atoms with van der Waals surface area (Å²) in [4.78, 5) is 12.7. The van der Waals surface area contributed by atoms with E-state index < -0.39 is 6.10 Å². The third-order valence-electron chi connectivity index (χ3n) is 9.04. The molecular formula is C21H34O3. The van der Waals surface area contributed by atoms with Crippen LogP contribution in [0.1, 0.15) is 72.1 Å². The van der Waals surface area contributed by atoms with Gasteiger partial charge in [0.1, 0.15) is 5.78 Å². The molecule has 4 aliphatic carbocycles. The average Bonchev–Trinajstić information content (AvgIpc) is 2.78. The van der Waals surface area contributed by atoms with Gasteiger partial charge >= 0.3 is 0 Å². The van der Waals surface area contributed by atoms with E-state index in [0.717, 1.165) is 25.7 Å². The summed E-state index contributed by atoms with van der Waals surface area (Å²) >= 11 is 0. The minimum absolute atomic E-state index is 0.00376. The molecule has 0 unspecified atom stereocenters. The third kappa shape index (κ3) is 2.19. The summed E-state index contributed by atoms with van der Waals surface area (Å²) < 4.78 is 0. The zero-order chi connectivity index (χ0) is 17.3. The molecule has 4 fully saturated rings. The molecule has 0 saturated heterocycles. The zero-order valence-corrected chi connectivity index (χ0v) is 15.5. The van der Waals surface area contributed by atoms with E-state index in [0.29, 0.717) is 41.3 Å². The van der Waals surface area contributed by atoms with Gasteiger partial charge < -0.3 is 10.2 Å². The maximum atomic E-state index is 12.7. The molecule has 0 bridgehead atoms. The van der Waals surface area contributed by atoms with Gasteiger partial charge in [-0.05, 0) is 86.4 Å². The molecule has 0 heterocycles. The van der Waals surface area contributed by atoms with Crippen LogP contribution in [0.4, 0.5) is 0 Å².